The molecule has 20 heavy (non-hydrogen) atoms. The Morgan fingerprint density at radius 2 is 1.80 bits per heavy atom. The van der Waals surface area contributed by atoms with Crippen LogP contribution in [-0.2, 0) is 13.2 Å². The molecule has 1 N–H and O–H groups in total. The third-order valence-electron chi connectivity index (χ3n) is 3.01. The maximum absolute atomic E-state index is 5.86. The molecule has 2 aromatic rings. The summed E-state index contributed by atoms with van der Waals surface area (Å²) in [6.07, 6.45) is 0. The summed E-state index contributed by atoms with van der Waals surface area (Å²) < 4.78 is 6.89. The molecule has 0 fully saturated rings. The van der Waals surface area contributed by atoms with Crippen molar-refractivity contribution in [1.29, 1.82) is 0 Å². The summed E-state index contributed by atoms with van der Waals surface area (Å²) in [6.45, 7) is 5.77. The van der Waals surface area contributed by atoms with Crippen LogP contribution in [0, 0.1) is 0 Å². The second kappa shape index (κ2) is 7.46. The molecular formula is C17H20BrNO. The first-order chi connectivity index (χ1) is 9.65. The minimum Gasteiger partial charge on any atom is -0.489 e. The van der Waals surface area contributed by atoms with Crippen molar-refractivity contribution >= 4 is 15.9 Å². The van der Waals surface area contributed by atoms with E-state index in [-0.39, 0.29) is 0 Å². The van der Waals surface area contributed by atoms with Gasteiger partial charge in [0, 0.05) is 17.1 Å². The quantitative estimate of drug-likeness (QED) is 0.838. The summed E-state index contributed by atoms with van der Waals surface area (Å²) in [5, 5.41) is 3.45. The Bertz CT molecular complexity index is 554. The smallest absolute Gasteiger partial charge is 0.120 e. The van der Waals surface area contributed by atoms with Gasteiger partial charge in [0.1, 0.15) is 12.4 Å². The summed E-state index contributed by atoms with van der Waals surface area (Å²) in [5.41, 5.74) is 2.51. The Morgan fingerprint density at radius 1 is 1.05 bits per heavy atom. The van der Waals surface area contributed by atoms with Crippen LogP contribution in [0.2, 0.25) is 0 Å². The molecule has 2 nitrogen and oxygen atoms in total. The number of hydrogen-bond acceptors (Lipinski definition) is 2. The van der Waals surface area contributed by atoms with Crippen molar-refractivity contribution in [2.75, 3.05) is 0 Å². The van der Waals surface area contributed by atoms with Gasteiger partial charge in [0.05, 0.1) is 0 Å². The second-order valence-electron chi connectivity index (χ2n) is 5.05. The molecule has 0 radical (unpaired) electrons. The number of nitrogens with one attached hydrogen (secondary N) is 1. The van der Waals surface area contributed by atoms with Gasteiger partial charge >= 0.3 is 0 Å². The number of benzene rings is 2. The monoisotopic (exact) mass is 333 g/mol. The van der Waals surface area contributed by atoms with E-state index in [9.17, 15) is 0 Å². The zero-order valence-electron chi connectivity index (χ0n) is 11.9. The van der Waals surface area contributed by atoms with Crippen molar-refractivity contribution in [3.8, 4) is 5.75 Å². The highest BCUT2D eigenvalue weighted by Crippen LogP contribution is 2.19. The zero-order valence-corrected chi connectivity index (χ0v) is 13.5. The van der Waals surface area contributed by atoms with Crippen LogP contribution in [0.25, 0.3) is 0 Å². The molecule has 2 aromatic carbocycles. The van der Waals surface area contributed by atoms with Crippen LogP contribution in [0.15, 0.2) is 53.0 Å². The fourth-order valence-electron chi connectivity index (χ4n) is 1.90. The molecule has 0 atom stereocenters. The molecule has 0 aliphatic carbocycles. The van der Waals surface area contributed by atoms with Crippen molar-refractivity contribution in [3.05, 3.63) is 64.1 Å². The van der Waals surface area contributed by atoms with Crippen molar-refractivity contribution in [2.45, 2.75) is 33.0 Å². The molecule has 2 rings (SSSR count). The average molecular weight is 334 g/mol. The lowest BCUT2D eigenvalue weighted by Gasteiger charge is -2.13. The third kappa shape index (κ3) is 4.66. The largest absolute Gasteiger partial charge is 0.489 e. The summed E-state index contributed by atoms with van der Waals surface area (Å²) in [5.74, 6) is 0.881. The molecule has 0 spiro atoms. The summed E-state index contributed by atoms with van der Waals surface area (Å²) in [4.78, 5) is 0. The number of hydrogen-bond donors (Lipinski definition) is 1. The summed E-state index contributed by atoms with van der Waals surface area (Å²) in [7, 11) is 0. The van der Waals surface area contributed by atoms with Gasteiger partial charge in [-0.2, -0.15) is 0 Å². The molecule has 0 aliphatic rings. The van der Waals surface area contributed by atoms with E-state index in [1.165, 1.54) is 11.1 Å². The maximum atomic E-state index is 5.86. The van der Waals surface area contributed by atoms with Gasteiger partial charge in [-0.15, -0.1) is 0 Å². The Morgan fingerprint density at radius 3 is 2.50 bits per heavy atom. The first-order valence-electron chi connectivity index (χ1n) is 6.83. The lowest BCUT2D eigenvalue weighted by molar-refractivity contribution is 0.304. The Hall–Kier alpha value is -1.32. The number of halogens is 1. The SMILES string of the molecule is CC(C)NCc1ccccc1COc1cccc(Br)c1. The van der Waals surface area contributed by atoms with E-state index < -0.39 is 0 Å². The van der Waals surface area contributed by atoms with Gasteiger partial charge in [0.25, 0.3) is 0 Å². The first kappa shape index (κ1) is 15.1. The molecule has 0 aromatic heterocycles. The molecule has 0 saturated carbocycles. The molecule has 0 unspecified atom stereocenters. The molecule has 3 heteroatoms. The van der Waals surface area contributed by atoms with E-state index in [1.54, 1.807) is 0 Å². The van der Waals surface area contributed by atoms with Crippen LogP contribution >= 0.6 is 15.9 Å². The fourth-order valence-corrected chi connectivity index (χ4v) is 2.28. The Kier molecular flexibility index (Phi) is 5.62. The van der Waals surface area contributed by atoms with Crippen LogP contribution in [0.5, 0.6) is 5.75 Å². The highest BCUT2D eigenvalue weighted by Gasteiger charge is 2.04. The number of ether oxygens (including phenoxy) is 1. The maximum Gasteiger partial charge on any atom is 0.120 e. The summed E-state index contributed by atoms with van der Waals surface area (Å²) in [6, 6.07) is 16.8. The Labute approximate surface area is 129 Å². The normalized spacial score (nSPS) is 10.8. The zero-order chi connectivity index (χ0) is 14.4. The van der Waals surface area contributed by atoms with E-state index in [4.69, 9.17) is 4.74 Å². The van der Waals surface area contributed by atoms with Crippen molar-refractivity contribution < 1.29 is 4.74 Å². The molecule has 0 aliphatic heterocycles. The highest BCUT2D eigenvalue weighted by molar-refractivity contribution is 9.10. The fraction of sp³-hybridized carbons (Fsp3) is 0.294. The van der Waals surface area contributed by atoms with Crippen LogP contribution in [0.1, 0.15) is 25.0 Å². The molecule has 106 valence electrons. The predicted molar refractivity (Wildman–Crippen MR) is 86.9 cm³/mol. The van der Waals surface area contributed by atoms with E-state index >= 15 is 0 Å². The van der Waals surface area contributed by atoms with Crippen LogP contribution in [0.4, 0.5) is 0 Å². The lowest BCUT2D eigenvalue weighted by atomic mass is 10.1. The first-order valence-corrected chi connectivity index (χ1v) is 7.63. The summed E-state index contributed by atoms with van der Waals surface area (Å²) >= 11 is 3.45. The van der Waals surface area contributed by atoms with Gasteiger partial charge < -0.3 is 10.1 Å². The van der Waals surface area contributed by atoms with Gasteiger partial charge in [0.15, 0.2) is 0 Å². The van der Waals surface area contributed by atoms with E-state index in [0.717, 1.165) is 16.8 Å². The third-order valence-corrected chi connectivity index (χ3v) is 3.50. The molecular weight excluding hydrogens is 314 g/mol. The molecule has 0 amide bonds. The van der Waals surface area contributed by atoms with Gasteiger partial charge in [-0.3, -0.25) is 0 Å². The average Bonchev–Trinajstić information content (AvgIpc) is 2.44. The van der Waals surface area contributed by atoms with Gasteiger partial charge in [-0.1, -0.05) is 60.1 Å². The van der Waals surface area contributed by atoms with E-state index in [0.29, 0.717) is 12.6 Å². The highest BCUT2D eigenvalue weighted by atomic mass is 79.9. The molecule has 0 bridgehead atoms. The van der Waals surface area contributed by atoms with Crippen LogP contribution in [0.3, 0.4) is 0 Å². The van der Waals surface area contributed by atoms with Crippen molar-refractivity contribution in [2.24, 2.45) is 0 Å². The van der Waals surface area contributed by atoms with Crippen molar-refractivity contribution in [1.82, 2.24) is 5.32 Å². The van der Waals surface area contributed by atoms with Gasteiger partial charge in [-0.25, -0.2) is 0 Å². The topological polar surface area (TPSA) is 21.3 Å². The van der Waals surface area contributed by atoms with Crippen LogP contribution in [-0.4, -0.2) is 6.04 Å². The molecule has 0 heterocycles. The van der Waals surface area contributed by atoms with Crippen LogP contribution < -0.4 is 10.1 Å². The van der Waals surface area contributed by atoms with E-state index in [1.807, 2.05) is 24.3 Å². The lowest BCUT2D eigenvalue weighted by Crippen LogP contribution is -2.22. The Balaban J connectivity index is 2.02. The van der Waals surface area contributed by atoms with E-state index in [2.05, 4.69) is 59.4 Å². The van der Waals surface area contributed by atoms with Gasteiger partial charge in [0.2, 0.25) is 0 Å². The van der Waals surface area contributed by atoms with Gasteiger partial charge in [-0.05, 0) is 29.3 Å². The standard InChI is InChI=1S/C17H20BrNO/c1-13(2)19-11-14-6-3-4-7-15(14)12-20-17-9-5-8-16(18)10-17/h3-10,13,19H,11-12H2,1-2H3. The minimum atomic E-state index is 0.481. The van der Waals surface area contributed by atoms with Crippen molar-refractivity contribution in [3.63, 3.8) is 0 Å². The second-order valence-corrected chi connectivity index (χ2v) is 5.97. The predicted octanol–water partition coefficient (Wildman–Crippen LogP) is 4.53. The molecule has 0 saturated heterocycles. The minimum absolute atomic E-state index is 0.481. The number of rotatable bonds is 6.